The molecule has 1 heterocycles. The molecule has 0 radical (unpaired) electrons. The predicted molar refractivity (Wildman–Crippen MR) is 69.3 cm³/mol. The molecule has 1 aliphatic heterocycles. The second kappa shape index (κ2) is 6.63. The Hall–Kier alpha value is -1.05. The number of rotatable bonds is 3. The van der Waals surface area contributed by atoms with Crippen LogP contribution >= 0.6 is 0 Å². The first-order chi connectivity index (χ1) is 8.10. The predicted octanol–water partition coefficient (Wildman–Crippen LogP) is 0.280. The van der Waals surface area contributed by atoms with Gasteiger partial charge in [0.05, 0.1) is 6.04 Å². The molecule has 1 rings (SSSR count). The van der Waals surface area contributed by atoms with Crippen LogP contribution in [0.15, 0.2) is 0 Å². The van der Waals surface area contributed by atoms with E-state index in [9.17, 15) is 4.79 Å². The van der Waals surface area contributed by atoms with Crippen LogP contribution in [-0.2, 0) is 4.79 Å². The summed E-state index contributed by atoms with van der Waals surface area (Å²) in [5, 5.41) is 0. The molecule has 2 atom stereocenters. The molecule has 1 aliphatic rings. The molecule has 4 heteroatoms. The van der Waals surface area contributed by atoms with Gasteiger partial charge in [-0.3, -0.25) is 4.79 Å². The van der Waals surface area contributed by atoms with E-state index in [1.807, 2.05) is 4.90 Å². The molecule has 1 amide bonds. The first-order valence-corrected chi connectivity index (χ1v) is 6.28. The summed E-state index contributed by atoms with van der Waals surface area (Å²) >= 11 is 0. The summed E-state index contributed by atoms with van der Waals surface area (Å²) in [6.07, 6.45) is 7.49. The SMILES string of the molecule is C#CCC(N)C(=O)N1CCCN(C)CC1CC. The van der Waals surface area contributed by atoms with E-state index < -0.39 is 6.04 Å². The lowest BCUT2D eigenvalue weighted by molar-refractivity contribution is -0.134. The number of hydrogen-bond donors (Lipinski definition) is 1. The van der Waals surface area contributed by atoms with E-state index in [1.54, 1.807) is 0 Å². The summed E-state index contributed by atoms with van der Waals surface area (Å²) < 4.78 is 0. The number of amides is 1. The highest BCUT2D eigenvalue weighted by Gasteiger charge is 2.28. The molecule has 4 nitrogen and oxygen atoms in total. The Morgan fingerprint density at radius 3 is 2.88 bits per heavy atom. The van der Waals surface area contributed by atoms with E-state index >= 15 is 0 Å². The van der Waals surface area contributed by atoms with Crippen LogP contribution < -0.4 is 5.73 Å². The zero-order valence-corrected chi connectivity index (χ0v) is 10.9. The topological polar surface area (TPSA) is 49.6 Å². The van der Waals surface area contributed by atoms with Gasteiger partial charge in [0.2, 0.25) is 5.91 Å². The van der Waals surface area contributed by atoms with Gasteiger partial charge in [-0.15, -0.1) is 12.3 Å². The van der Waals surface area contributed by atoms with Gasteiger partial charge >= 0.3 is 0 Å². The Kier molecular flexibility index (Phi) is 5.46. The van der Waals surface area contributed by atoms with E-state index in [1.165, 1.54) is 0 Å². The third-order valence-corrected chi connectivity index (χ3v) is 3.31. The molecule has 0 saturated carbocycles. The molecule has 1 saturated heterocycles. The van der Waals surface area contributed by atoms with Crippen LogP contribution in [0.1, 0.15) is 26.2 Å². The number of hydrogen-bond acceptors (Lipinski definition) is 3. The summed E-state index contributed by atoms with van der Waals surface area (Å²) in [5.74, 6) is 2.47. The van der Waals surface area contributed by atoms with E-state index in [0.717, 1.165) is 32.5 Å². The van der Waals surface area contributed by atoms with Gasteiger partial charge in [-0.2, -0.15) is 0 Å². The lowest BCUT2D eigenvalue weighted by Gasteiger charge is -2.31. The van der Waals surface area contributed by atoms with Gasteiger partial charge in [0, 0.05) is 25.6 Å². The fraction of sp³-hybridized carbons (Fsp3) is 0.769. The van der Waals surface area contributed by atoms with Crippen molar-refractivity contribution in [2.75, 3.05) is 26.7 Å². The molecule has 96 valence electrons. The minimum absolute atomic E-state index is 0.00472. The van der Waals surface area contributed by atoms with Gasteiger partial charge in [0.15, 0.2) is 0 Å². The average Bonchev–Trinajstić information content (AvgIpc) is 2.49. The van der Waals surface area contributed by atoms with Crippen LogP contribution in [0.5, 0.6) is 0 Å². The monoisotopic (exact) mass is 237 g/mol. The van der Waals surface area contributed by atoms with Crippen LogP contribution in [0.4, 0.5) is 0 Å². The highest BCUT2D eigenvalue weighted by molar-refractivity contribution is 5.82. The Balaban J connectivity index is 2.71. The third-order valence-electron chi connectivity index (χ3n) is 3.31. The molecular formula is C13H23N3O. The molecule has 0 aromatic rings. The van der Waals surface area contributed by atoms with Gasteiger partial charge < -0.3 is 15.5 Å². The first-order valence-electron chi connectivity index (χ1n) is 6.28. The van der Waals surface area contributed by atoms with Crippen LogP contribution in [0.25, 0.3) is 0 Å². The van der Waals surface area contributed by atoms with E-state index in [0.29, 0.717) is 6.42 Å². The Bertz CT molecular complexity index is 298. The number of carbonyl (C=O) groups excluding carboxylic acids is 1. The van der Waals surface area contributed by atoms with Gasteiger partial charge in [-0.25, -0.2) is 0 Å². The highest BCUT2D eigenvalue weighted by atomic mass is 16.2. The first kappa shape index (κ1) is 14.0. The normalized spacial score (nSPS) is 23.9. The minimum atomic E-state index is -0.544. The summed E-state index contributed by atoms with van der Waals surface area (Å²) in [7, 11) is 2.10. The fourth-order valence-electron chi connectivity index (χ4n) is 2.31. The Morgan fingerprint density at radius 1 is 1.59 bits per heavy atom. The van der Waals surface area contributed by atoms with Gasteiger partial charge in [0.1, 0.15) is 0 Å². The molecule has 0 bridgehead atoms. The molecule has 2 N–H and O–H groups in total. The zero-order chi connectivity index (χ0) is 12.8. The maximum absolute atomic E-state index is 12.2. The summed E-state index contributed by atoms with van der Waals surface area (Å²) in [4.78, 5) is 16.4. The summed E-state index contributed by atoms with van der Waals surface area (Å²) in [5.41, 5.74) is 5.81. The van der Waals surface area contributed by atoms with Crippen molar-refractivity contribution in [3.05, 3.63) is 0 Å². The highest BCUT2D eigenvalue weighted by Crippen LogP contribution is 2.13. The van der Waals surface area contributed by atoms with E-state index in [4.69, 9.17) is 12.2 Å². The van der Waals surface area contributed by atoms with Crippen LogP contribution in [0.2, 0.25) is 0 Å². The molecule has 0 aliphatic carbocycles. The Labute approximate surface area is 104 Å². The number of nitrogens with two attached hydrogens (primary N) is 1. The Morgan fingerprint density at radius 2 is 2.29 bits per heavy atom. The van der Waals surface area contributed by atoms with E-state index in [2.05, 4.69) is 24.8 Å². The van der Waals surface area contributed by atoms with Crippen molar-refractivity contribution in [2.24, 2.45) is 5.73 Å². The van der Waals surface area contributed by atoms with Crippen molar-refractivity contribution < 1.29 is 4.79 Å². The largest absolute Gasteiger partial charge is 0.337 e. The van der Waals surface area contributed by atoms with E-state index in [-0.39, 0.29) is 11.9 Å². The maximum atomic E-state index is 12.2. The average molecular weight is 237 g/mol. The van der Waals surface area contributed by atoms with Crippen molar-refractivity contribution in [2.45, 2.75) is 38.3 Å². The molecule has 2 unspecified atom stereocenters. The number of terminal acetylenes is 1. The smallest absolute Gasteiger partial charge is 0.240 e. The summed E-state index contributed by atoms with van der Waals surface area (Å²) in [6.45, 7) is 4.85. The number of nitrogens with zero attached hydrogens (tertiary/aromatic N) is 2. The standard InChI is InChI=1S/C13H23N3O/c1-4-7-12(14)13(17)16-9-6-8-15(3)10-11(16)5-2/h1,11-12H,5-10,14H2,2-3H3. The van der Waals surface area contributed by atoms with Crippen molar-refractivity contribution in [1.82, 2.24) is 9.80 Å². The quantitative estimate of drug-likeness (QED) is 0.717. The van der Waals surface area contributed by atoms with Gasteiger partial charge in [-0.05, 0) is 26.4 Å². The zero-order valence-electron chi connectivity index (χ0n) is 10.9. The molecule has 0 spiro atoms. The molecule has 17 heavy (non-hydrogen) atoms. The molecular weight excluding hydrogens is 214 g/mol. The van der Waals surface area contributed by atoms with Crippen molar-refractivity contribution in [3.8, 4) is 12.3 Å². The van der Waals surface area contributed by atoms with Crippen LogP contribution in [0.3, 0.4) is 0 Å². The maximum Gasteiger partial charge on any atom is 0.240 e. The minimum Gasteiger partial charge on any atom is -0.337 e. The van der Waals surface area contributed by atoms with Crippen LogP contribution in [0, 0.1) is 12.3 Å². The van der Waals surface area contributed by atoms with Crippen molar-refractivity contribution in [1.29, 1.82) is 0 Å². The molecule has 1 fully saturated rings. The van der Waals surface area contributed by atoms with Crippen molar-refractivity contribution >= 4 is 5.91 Å². The third kappa shape index (κ3) is 3.72. The lowest BCUT2D eigenvalue weighted by atomic mass is 10.1. The fourth-order valence-corrected chi connectivity index (χ4v) is 2.31. The molecule has 0 aromatic heterocycles. The molecule has 0 aromatic carbocycles. The number of likely N-dealkylation sites (N-methyl/N-ethyl adjacent to an activating group) is 1. The second-order valence-electron chi connectivity index (χ2n) is 4.72. The van der Waals surface area contributed by atoms with Gasteiger partial charge in [0.25, 0.3) is 0 Å². The summed E-state index contributed by atoms with van der Waals surface area (Å²) in [6, 6.07) is -0.281. The van der Waals surface area contributed by atoms with Crippen LogP contribution in [-0.4, -0.2) is 54.5 Å². The second-order valence-corrected chi connectivity index (χ2v) is 4.72. The number of carbonyl (C=O) groups is 1. The van der Waals surface area contributed by atoms with Crippen molar-refractivity contribution in [3.63, 3.8) is 0 Å². The van der Waals surface area contributed by atoms with Gasteiger partial charge in [-0.1, -0.05) is 6.92 Å². The lowest BCUT2D eigenvalue weighted by Crippen LogP contribution is -2.50.